The Labute approximate surface area is 180 Å². The first-order chi connectivity index (χ1) is 14.8. The second-order valence-corrected chi connectivity index (χ2v) is 8.86. The number of rotatable bonds is 9. The first-order valence-electron chi connectivity index (χ1n) is 10.4. The van der Waals surface area contributed by atoms with Crippen LogP contribution in [-0.4, -0.2) is 19.5 Å². The van der Waals surface area contributed by atoms with Crippen LogP contribution in [0.25, 0.3) is 22.5 Å². The second kappa shape index (κ2) is 10.2. The molecular weight excluding hydrogens is 388 g/mol. The Morgan fingerprint density at radius 3 is 1.97 bits per heavy atom. The molecule has 0 aliphatic carbocycles. The Morgan fingerprint density at radius 2 is 1.30 bits per heavy atom. The van der Waals surface area contributed by atoms with E-state index in [0.717, 1.165) is 53.4 Å². The van der Waals surface area contributed by atoms with Gasteiger partial charge in [-0.1, -0.05) is 85.3 Å². The third-order valence-electron chi connectivity index (χ3n) is 5.17. The van der Waals surface area contributed by atoms with E-state index in [2.05, 4.69) is 53.1 Å². The highest BCUT2D eigenvalue weighted by Crippen LogP contribution is 2.31. The van der Waals surface area contributed by atoms with Gasteiger partial charge in [0.15, 0.2) is 0 Å². The van der Waals surface area contributed by atoms with Crippen molar-refractivity contribution in [1.29, 1.82) is 0 Å². The predicted octanol–water partition coefficient (Wildman–Crippen LogP) is 6.20. The number of hydrogen-bond donors (Lipinski definition) is 0. The van der Waals surface area contributed by atoms with Gasteiger partial charge in [-0.25, -0.2) is 4.98 Å². The van der Waals surface area contributed by atoms with Crippen LogP contribution >= 0.6 is 0 Å². The van der Waals surface area contributed by atoms with Crippen molar-refractivity contribution < 1.29 is 4.21 Å². The summed E-state index contributed by atoms with van der Waals surface area (Å²) in [6.07, 6.45) is 5.00. The lowest BCUT2D eigenvalue weighted by atomic mass is 10.0. The molecular formula is C26H26N2OS. The third kappa shape index (κ3) is 4.95. The summed E-state index contributed by atoms with van der Waals surface area (Å²) in [5, 5.41) is 0. The van der Waals surface area contributed by atoms with Crippen molar-refractivity contribution in [3.8, 4) is 22.5 Å². The molecule has 0 spiro atoms. The molecule has 1 heterocycles. The summed E-state index contributed by atoms with van der Waals surface area (Å²) in [4.78, 5) is 5.67. The van der Waals surface area contributed by atoms with Crippen molar-refractivity contribution >= 4 is 10.8 Å². The van der Waals surface area contributed by atoms with Crippen LogP contribution in [0.15, 0.2) is 102 Å². The molecule has 1 aromatic heterocycles. The van der Waals surface area contributed by atoms with Crippen LogP contribution in [0.2, 0.25) is 0 Å². The van der Waals surface area contributed by atoms with Gasteiger partial charge in [-0.2, -0.15) is 0 Å². The molecule has 1 atom stereocenters. The first kappa shape index (κ1) is 20.3. The Balaban J connectivity index is 1.42. The highest BCUT2D eigenvalue weighted by molar-refractivity contribution is 7.85. The van der Waals surface area contributed by atoms with Crippen LogP contribution in [0.3, 0.4) is 0 Å². The van der Waals surface area contributed by atoms with Gasteiger partial charge in [-0.3, -0.25) is 4.21 Å². The first-order valence-corrected chi connectivity index (χ1v) is 11.7. The van der Waals surface area contributed by atoms with Crippen molar-refractivity contribution in [2.45, 2.75) is 30.7 Å². The van der Waals surface area contributed by atoms with E-state index in [1.807, 2.05) is 48.8 Å². The van der Waals surface area contributed by atoms with Gasteiger partial charge in [0.05, 0.1) is 28.5 Å². The molecule has 0 amide bonds. The molecule has 3 aromatic carbocycles. The Morgan fingerprint density at radius 1 is 0.700 bits per heavy atom. The molecule has 3 nitrogen and oxygen atoms in total. The van der Waals surface area contributed by atoms with Crippen LogP contribution < -0.4 is 0 Å². The number of aromatic nitrogens is 2. The zero-order valence-electron chi connectivity index (χ0n) is 17.0. The zero-order chi connectivity index (χ0) is 20.6. The van der Waals surface area contributed by atoms with Crippen molar-refractivity contribution in [2.24, 2.45) is 0 Å². The van der Waals surface area contributed by atoms with E-state index in [0.29, 0.717) is 0 Å². The molecule has 4 aromatic rings. The minimum absolute atomic E-state index is 0.717. The maximum Gasteiger partial charge on any atom is 0.0963 e. The minimum Gasteiger partial charge on any atom is -0.330 e. The third-order valence-corrected chi connectivity index (χ3v) is 6.62. The van der Waals surface area contributed by atoms with E-state index in [1.165, 1.54) is 5.56 Å². The normalized spacial score (nSPS) is 12.0. The van der Waals surface area contributed by atoms with E-state index in [4.69, 9.17) is 4.98 Å². The topological polar surface area (TPSA) is 34.9 Å². The summed E-state index contributed by atoms with van der Waals surface area (Å²) < 4.78 is 14.6. The molecule has 0 fully saturated rings. The molecule has 0 radical (unpaired) electrons. The summed E-state index contributed by atoms with van der Waals surface area (Å²) in [5.41, 5.74) is 4.49. The van der Waals surface area contributed by atoms with Crippen LogP contribution in [0.1, 0.15) is 19.3 Å². The lowest BCUT2D eigenvalue weighted by Gasteiger charge is -2.11. The lowest BCUT2D eigenvalue weighted by Crippen LogP contribution is -2.02. The van der Waals surface area contributed by atoms with Crippen LogP contribution in [0, 0.1) is 0 Å². The summed E-state index contributed by atoms with van der Waals surface area (Å²) >= 11 is 0. The summed E-state index contributed by atoms with van der Waals surface area (Å²) in [7, 11) is -0.905. The van der Waals surface area contributed by atoms with Gasteiger partial charge in [-0.05, 0) is 25.0 Å². The quantitative estimate of drug-likeness (QED) is 0.306. The van der Waals surface area contributed by atoms with Gasteiger partial charge in [0.25, 0.3) is 0 Å². The van der Waals surface area contributed by atoms with Gasteiger partial charge < -0.3 is 4.57 Å². The number of unbranched alkanes of at least 4 members (excludes halogenated alkanes) is 2. The van der Waals surface area contributed by atoms with Crippen LogP contribution in [0.5, 0.6) is 0 Å². The number of hydrogen-bond acceptors (Lipinski definition) is 2. The summed E-state index contributed by atoms with van der Waals surface area (Å²) in [6, 6.07) is 30.6. The number of benzene rings is 3. The monoisotopic (exact) mass is 414 g/mol. The molecule has 4 rings (SSSR count). The smallest absolute Gasteiger partial charge is 0.0963 e. The highest BCUT2D eigenvalue weighted by atomic mass is 32.2. The van der Waals surface area contributed by atoms with Gasteiger partial charge in [0.2, 0.25) is 0 Å². The Hall–Kier alpha value is -2.98. The second-order valence-electron chi connectivity index (χ2n) is 7.29. The van der Waals surface area contributed by atoms with Gasteiger partial charge in [-0.15, -0.1) is 0 Å². The predicted molar refractivity (Wildman–Crippen MR) is 125 cm³/mol. The Kier molecular flexibility index (Phi) is 6.88. The number of imidazole rings is 1. The van der Waals surface area contributed by atoms with E-state index < -0.39 is 10.8 Å². The molecule has 0 saturated carbocycles. The van der Waals surface area contributed by atoms with E-state index in [9.17, 15) is 4.21 Å². The molecule has 30 heavy (non-hydrogen) atoms. The van der Waals surface area contributed by atoms with Crippen LogP contribution in [0.4, 0.5) is 0 Å². The van der Waals surface area contributed by atoms with Crippen LogP contribution in [-0.2, 0) is 17.3 Å². The standard InChI is InChI=1S/C26H26N2OS/c29-30(24-17-9-3-10-18-24)20-12-4-11-19-28-21-27-25(22-13-5-1-6-14-22)26(28)23-15-7-2-8-16-23/h1-3,5-10,13-18,21H,4,11-12,19-20H2. The molecule has 152 valence electrons. The molecule has 0 N–H and O–H groups in total. The van der Waals surface area contributed by atoms with E-state index in [-0.39, 0.29) is 0 Å². The fraction of sp³-hybridized carbons (Fsp3) is 0.192. The SMILES string of the molecule is O=S(CCCCCn1cnc(-c2ccccc2)c1-c1ccccc1)c1ccccc1. The van der Waals surface area contributed by atoms with Gasteiger partial charge >= 0.3 is 0 Å². The maximum atomic E-state index is 12.4. The lowest BCUT2D eigenvalue weighted by molar-refractivity contribution is 0.604. The number of nitrogens with zero attached hydrogens (tertiary/aromatic N) is 2. The Bertz CT molecular complexity index is 1080. The zero-order valence-corrected chi connectivity index (χ0v) is 17.8. The molecule has 1 unspecified atom stereocenters. The fourth-order valence-corrected chi connectivity index (χ4v) is 4.80. The fourth-order valence-electron chi connectivity index (χ4n) is 3.64. The molecule has 0 aliphatic heterocycles. The average Bonchev–Trinajstić information content (AvgIpc) is 3.24. The van der Waals surface area contributed by atoms with Gasteiger partial charge in [0, 0.05) is 28.3 Å². The number of aryl methyl sites for hydroxylation is 1. The summed E-state index contributed by atoms with van der Waals surface area (Å²) in [5.74, 6) is 0.717. The largest absolute Gasteiger partial charge is 0.330 e. The highest BCUT2D eigenvalue weighted by Gasteiger charge is 2.14. The maximum absolute atomic E-state index is 12.4. The van der Waals surface area contributed by atoms with Crippen molar-refractivity contribution in [2.75, 3.05) is 5.75 Å². The minimum atomic E-state index is -0.905. The van der Waals surface area contributed by atoms with Crippen molar-refractivity contribution in [1.82, 2.24) is 9.55 Å². The molecule has 4 heteroatoms. The molecule has 0 aliphatic rings. The average molecular weight is 415 g/mol. The molecule has 0 saturated heterocycles. The van der Waals surface area contributed by atoms with E-state index >= 15 is 0 Å². The molecule has 0 bridgehead atoms. The van der Waals surface area contributed by atoms with Gasteiger partial charge in [0.1, 0.15) is 0 Å². The van der Waals surface area contributed by atoms with Crippen molar-refractivity contribution in [3.05, 3.63) is 97.3 Å². The van der Waals surface area contributed by atoms with Crippen molar-refractivity contribution in [3.63, 3.8) is 0 Å². The van der Waals surface area contributed by atoms with E-state index in [1.54, 1.807) is 0 Å². The summed E-state index contributed by atoms with van der Waals surface area (Å²) in [6.45, 7) is 0.905.